The number of hydrogen-bond acceptors (Lipinski definition) is 14. The second-order valence-electron chi connectivity index (χ2n) is 18.9. The van der Waals surface area contributed by atoms with Crippen molar-refractivity contribution in [3.8, 4) is 15.4 Å². The van der Waals surface area contributed by atoms with E-state index in [0.29, 0.717) is 37.2 Å². The van der Waals surface area contributed by atoms with Crippen molar-refractivity contribution >= 4 is 63.6 Å². The SMILES string of the molecule is Cc1ncsc1-c1ccc(CNC(=O)[C@@H]2C[C@@H](O)CN2C(=O)[C@@H](NC(=O)COCCOCCOCCCCNC(=O)CC2N=C(c3ccc(Cl)cc3)c3c(sc(C)c3C)-n3c(C)nnc32)C(C)(C)C)cc1. The van der Waals surface area contributed by atoms with Gasteiger partial charge in [-0.1, -0.05) is 68.8 Å². The number of halogens is 1. The Hall–Kier alpha value is -5.41. The predicted octanol–water partition coefficient (Wildman–Crippen LogP) is 6.38. The smallest absolute Gasteiger partial charge is 0.246 e. The normalized spacial score (nSPS) is 17.0. The standard InChI is InChI=1S/C51H64ClN9O8S2/c1-30-32(3)71-50-43(30)44(35-14-16-37(52)17-15-35)56-39(47-59-58-33(4)61(47)50)25-41(63)53-18-8-9-19-67-20-21-68-22-23-69-28-42(64)57-46(51(5,6)7)49(66)60-27-38(62)24-40(60)48(65)54-26-34-10-12-36(13-11-34)45-31(2)55-29-70-45/h10-17,29,38-40,46,62H,8-9,18-28H2,1-7H3,(H,53,63)(H,54,65)(H,57,64)/t38-,39?,40+,46-/m1/s1. The average molecular weight is 1030 g/mol. The third-order valence-corrected chi connectivity index (χ3v) is 14.9. The topological polar surface area (TPSA) is 211 Å². The van der Waals surface area contributed by atoms with Gasteiger partial charge in [0.2, 0.25) is 23.6 Å². The molecule has 1 saturated heterocycles. The number of amides is 4. The van der Waals surface area contributed by atoms with E-state index in [4.69, 9.17) is 30.8 Å². The molecule has 0 spiro atoms. The van der Waals surface area contributed by atoms with Crippen LogP contribution < -0.4 is 16.0 Å². The Balaban J connectivity index is 0.766. The summed E-state index contributed by atoms with van der Waals surface area (Å²) in [4.78, 5) is 66.8. The van der Waals surface area contributed by atoms with Crippen molar-refractivity contribution in [2.45, 2.75) is 105 Å². The monoisotopic (exact) mass is 1030 g/mol. The van der Waals surface area contributed by atoms with Gasteiger partial charge in [0.05, 0.1) is 60.7 Å². The molecule has 0 aliphatic carbocycles. The van der Waals surface area contributed by atoms with Gasteiger partial charge in [-0.15, -0.1) is 32.9 Å². The third-order valence-electron chi connectivity index (χ3n) is 12.5. The Morgan fingerprint density at radius 1 is 0.873 bits per heavy atom. The molecule has 5 aromatic rings. The molecular weight excluding hydrogens is 966 g/mol. The predicted molar refractivity (Wildman–Crippen MR) is 274 cm³/mol. The number of aliphatic hydroxyl groups excluding tert-OH is 1. The number of aromatic nitrogens is 4. The van der Waals surface area contributed by atoms with Crippen LogP contribution in [0.25, 0.3) is 15.4 Å². The minimum absolute atomic E-state index is 0.0212. The number of aliphatic hydroxyl groups is 1. The van der Waals surface area contributed by atoms with E-state index in [9.17, 15) is 24.3 Å². The lowest BCUT2D eigenvalue weighted by Crippen LogP contribution is -2.58. The van der Waals surface area contributed by atoms with Crippen LogP contribution in [0, 0.1) is 33.1 Å². The van der Waals surface area contributed by atoms with E-state index in [1.165, 1.54) is 9.78 Å². The average Bonchev–Trinajstić information content (AvgIpc) is 4.11. The van der Waals surface area contributed by atoms with Crippen molar-refractivity contribution in [3.05, 3.63) is 104 Å². The summed E-state index contributed by atoms with van der Waals surface area (Å²) in [5.41, 5.74) is 7.86. The molecule has 0 radical (unpaired) electrons. The number of carbonyl (C=O) groups excluding carboxylic acids is 4. The lowest BCUT2D eigenvalue weighted by atomic mass is 9.85. The molecule has 4 amide bonds. The van der Waals surface area contributed by atoms with Crippen LogP contribution in [0.4, 0.5) is 0 Å². The Morgan fingerprint density at radius 2 is 1.56 bits per heavy atom. The van der Waals surface area contributed by atoms with Crippen LogP contribution in [-0.2, 0) is 39.9 Å². The molecule has 4 atom stereocenters. The van der Waals surface area contributed by atoms with E-state index in [1.54, 1.807) is 22.7 Å². The molecule has 2 aromatic carbocycles. The summed E-state index contributed by atoms with van der Waals surface area (Å²) in [7, 11) is 0. The summed E-state index contributed by atoms with van der Waals surface area (Å²) in [5, 5.41) is 29.8. The van der Waals surface area contributed by atoms with Crippen LogP contribution in [-0.4, -0.2) is 130 Å². The minimum Gasteiger partial charge on any atom is -0.391 e. The molecule has 17 nitrogen and oxygen atoms in total. The number of unbranched alkanes of at least 4 members (excludes halogenated alkanes) is 1. The van der Waals surface area contributed by atoms with Gasteiger partial charge in [-0.05, 0) is 74.8 Å². The number of carbonyl (C=O) groups is 4. The number of likely N-dealkylation sites (tertiary alicyclic amines) is 1. The Kier molecular flexibility index (Phi) is 18.3. The van der Waals surface area contributed by atoms with Crippen molar-refractivity contribution in [1.29, 1.82) is 0 Å². The van der Waals surface area contributed by atoms with Gasteiger partial charge in [-0.25, -0.2) is 4.98 Å². The highest BCUT2D eigenvalue weighted by atomic mass is 35.5. The molecule has 0 bridgehead atoms. The van der Waals surface area contributed by atoms with Gasteiger partial charge in [0.1, 0.15) is 35.6 Å². The van der Waals surface area contributed by atoms with Crippen molar-refractivity contribution < 1.29 is 38.5 Å². The second kappa shape index (κ2) is 24.3. The van der Waals surface area contributed by atoms with Gasteiger partial charge >= 0.3 is 0 Å². The van der Waals surface area contributed by atoms with E-state index in [-0.39, 0.29) is 57.6 Å². The first-order chi connectivity index (χ1) is 34.0. The molecule has 5 heterocycles. The van der Waals surface area contributed by atoms with E-state index in [1.807, 2.05) is 93.2 Å². The first-order valence-electron chi connectivity index (χ1n) is 23.9. The highest BCUT2D eigenvalue weighted by molar-refractivity contribution is 7.15. The fourth-order valence-electron chi connectivity index (χ4n) is 8.52. The fraction of sp³-hybridized carbons (Fsp3) is 0.490. The number of rotatable bonds is 22. The van der Waals surface area contributed by atoms with Crippen molar-refractivity contribution in [2.75, 3.05) is 52.7 Å². The number of thiazole rings is 1. The van der Waals surface area contributed by atoms with Gasteiger partial charge in [0.15, 0.2) is 5.82 Å². The number of ether oxygens (including phenoxy) is 3. The zero-order valence-corrected chi connectivity index (χ0v) is 43.8. The van der Waals surface area contributed by atoms with Crippen LogP contribution in [0.5, 0.6) is 0 Å². The van der Waals surface area contributed by atoms with Crippen molar-refractivity contribution in [2.24, 2.45) is 10.4 Å². The number of aryl methyl sites for hydroxylation is 3. The summed E-state index contributed by atoms with van der Waals surface area (Å²) in [5.74, 6) is -0.0805. The fourth-order valence-corrected chi connectivity index (χ4v) is 10.7. The van der Waals surface area contributed by atoms with E-state index >= 15 is 0 Å². The van der Waals surface area contributed by atoms with Gasteiger partial charge in [-0.3, -0.25) is 28.7 Å². The Bertz CT molecular complexity index is 2680. The van der Waals surface area contributed by atoms with Crippen molar-refractivity contribution in [3.63, 3.8) is 0 Å². The van der Waals surface area contributed by atoms with E-state index < -0.39 is 41.5 Å². The second-order valence-corrected chi connectivity index (χ2v) is 21.4. The molecule has 2 aliphatic rings. The highest BCUT2D eigenvalue weighted by Gasteiger charge is 2.44. The molecule has 380 valence electrons. The number of hydrogen-bond donors (Lipinski definition) is 4. The first-order valence-corrected chi connectivity index (χ1v) is 26.0. The summed E-state index contributed by atoms with van der Waals surface area (Å²) in [6, 6.07) is 13.0. The summed E-state index contributed by atoms with van der Waals surface area (Å²) >= 11 is 9.47. The highest BCUT2D eigenvalue weighted by Crippen LogP contribution is 2.40. The van der Waals surface area contributed by atoms with E-state index in [0.717, 1.165) is 67.8 Å². The molecule has 2 aliphatic heterocycles. The minimum atomic E-state index is -0.972. The molecule has 71 heavy (non-hydrogen) atoms. The maximum atomic E-state index is 14.0. The number of β-amino-alcohol motifs (C(OH)–C–C–N with tert-alkyl or cyclic N) is 1. The quantitative estimate of drug-likeness (QED) is 0.0559. The summed E-state index contributed by atoms with van der Waals surface area (Å²) in [6.07, 6.45) is 0.788. The van der Waals surface area contributed by atoms with Crippen LogP contribution in [0.3, 0.4) is 0 Å². The van der Waals surface area contributed by atoms with Gasteiger partial charge in [0, 0.05) is 53.7 Å². The lowest BCUT2D eigenvalue weighted by molar-refractivity contribution is -0.144. The summed E-state index contributed by atoms with van der Waals surface area (Å²) < 4.78 is 18.9. The molecule has 7 rings (SSSR count). The number of nitrogens with zero attached hydrogens (tertiary/aromatic N) is 6. The van der Waals surface area contributed by atoms with Crippen LogP contribution >= 0.6 is 34.3 Å². The Labute approximate surface area is 427 Å². The van der Waals surface area contributed by atoms with Gasteiger partial charge < -0.3 is 40.2 Å². The lowest BCUT2D eigenvalue weighted by Gasteiger charge is -2.35. The van der Waals surface area contributed by atoms with Crippen LogP contribution in [0.2, 0.25) is 5.02 Å². The van der Waals surface area contributed by atoms with Crippen LogP contribution in [0.1, 0.15) is 97.0 Å². The third kappa shape index (κ3) is 13.6. The number of nitrogens with one attached hydrogen (secondary N) is 3. The number of aliphatic imine (C=N–C) groups is 1. The maximum Gasteiger partial charge on any atom is 0.246 e. The largest absolute Gasteiger partial charge is 0.391 e. The molecule has 4 N–H and O–H groups in total. The molecule has 20 heteroatoms. The first kappa shape index (κ1) is 53.4. The zero-order valence-electron chi connectivity index (χ0n) is 41.4. The number of benzene rings is 2. The van der Waals surface area contributed by atoms with Crippen molar-refractivity contribution in [1.82, 2.24) is 40.6 Å². The molecule has 1 unspecified atom stereocenters. The van der Waals surface area contributed by atoms with E-state index in [2.05, 4.69) is 45.0 Å². The number of thiophene rings is 1. The summed E-state index contributed by atoms with van der Waals surface area (Å²) in [6.45, 7) is 15.5. The van der Waals surface area contributed by atoms with Gasteiger partial charge in [0.25, 0.3) is 0 Å². The molecule has 3 aromatic heterocycles. The number of fused-ring (bicyclic) bond motifs is 3. The Morgan fingerprint density at radius 3 is 2.25 bits per heavy atom. The maximum absolute atomic E-state index is 14.0. The van der Waals surface area contributed by atoms with Crippen LogP contribution in [0.15, 0.2) is 59.0 Å². The molecule has 1 fully saturated rings. The molecular formula is C51H64ClN9O8S2. The van der Waals surface area contributed by atoms with Gasteiger partial charge in [-0.2, -0.15) is 0 Å². The molecule has 0 saturated carbocycles. The zero-order chi connectivity index (χ0) is 50.8.